The highest BCUT2D eigenvalue weighted by Crippen LogP contribution is 1.93. The van der Waals surface area contributed by atoms with Crippen LogP contribution in [0.4, 0.5) is 0 Å². The van der Waals surface area contributed by atoms with Crippen molar-refractivity contribution >= 4 is 5.91 Å². The molecular weight excluding hydrogens is 186 g/mol. The highest BCUT2D eigenvalue weighted by atomic mass is 16.5. The van der Waals surface area contributed by atoms with Crippen LogP contribution in [0.25, 0.3) is 0 Å². The Bertz CT molecular complexity index is 127. The van der Waals surface area contributed by atoms with Crippen molar-refractivity contribution in [3.63, 3.8) is 0 Å². The van der Waals surface area contributed by atoms with E-state index in [1.807, 2.05) is 0 Å². The Kier molecular flexibility index (Phi) is 9.95. The number of carbonyl (C=O) groups is 1. The van der Waals surface area contributed by atoms with E-state index in [1.54, 1.807) is 7.11 Å². The van der Waals surface area contributed by atoms with Crippen LogP contribution in [0.1, 0.15) is 12.8 Å². The van der Waals surface area contributed by atoms with E-state index >= 15 is 0 Å². The van der Waals surface area contributed by atoms with Gasteiger partial charge in [0.25, 0.3) is 0 Å². The van der Waals surface area contributed by atoms with Crippen LogP contribution in [0, 0.1) is 0 Å². The van der Waals surface area contributed by atoms with E-state index in [0.29, 0.717) is 19.8 Å². The van der Waals surface area contributed by atoms with Crippen molar-refractivity contribution in [2.45, 2.75) is 12.8 Å². The minimum atomic E-state index is 0.0870. The lowest BCUT2D eigenvalue weighted by Gasteiger charge is -1.98. The van der Waals surface area contributed by atoms with E-state index in [-0.39, 0.29) is 12.5 Å². The van der Waals surface area contributed by atoms with Crippen LogP contribution < -0.4 is 5.32 Å². The number of ether oxygens (including phenoxy) is 2. The lowest BCUT2D eigenvalue weighted by atomic mass is 10.4. The minimum absolute atomic E-state index is 0.0870. The molecule has 5 nitrogen and oxygen atoms in total. The SMILES string of the molecule is COCCOCCO.O=C1CCCN1. The fourth-order valence-electron chi connectivity index (χ4n) is 0.874. The monoisotopic (exact) mass is 205 g/mol. The van der Waals surface area contributed by atoms with Gasteiger partial charge in [0, 0.05) is 20.1 Å². The highest BCUT2D eigenvalue weighted by molar-refractivity contribution is 5.77. The van der Waals surface area contributed by atoms with Gasteiger partial charge in [-0.3, -0.25) is 4.79 Å². The summed E-state index contributed by atoms with van der Waals surface area (Å²) in [6.45, 7) is 2.54. The van der Waals surface area contributed by atoms with Crippen LogP contribution in [0.3, 0.4) is 0 Å². The first-order valence-electron chi connectivity index (χ1n) is 4.75. The molecular formula is C9H19NO4. The predicted octanol–water partition coefficient (Wildman–Crippen LogP) is -0.462. The Labute approximate surface area is 84.4 Å². The Morgan fingerprint density at radius 3 is 2.57 bits per heavy atom. The topological polar surface area (TPSA) is 67.8 Å². The number of rotatable bonds is 5. The van der Waals surface area contributed by atoms with Crippen LogP contribution >= 0.6 is 0 Å². The van der Waals surface area contributed by atoms with Crippen LogP contribution in [0.2, 0.25) is 0 Å². The molecule has 0 aliphatic carbocycles. The zero-order valence-electron chi connectivity index (χ0n) is 8.62. The predicted molar refractivity (Wildman–Crippen MR) is 52.0 cm³/mol. The van der Waals surface area contributed by atoms with Gasteiger partial charge < -0.3 is 19.9 Å². The smallest absolute Gasteiger partial charge is 0.220 e. The van der Waals surface area contributed by atoms with E-state index in [9.17, 15) is 4.79 Å². The average Bonchev–Trinajstić information content (AvgIpc) is 2.65. The Balaban J connectivity index is 0.000000249. The van der Waals surface area contributed by atoms with E-state index < -0.39 is 0 Å². The fraction of sp³-hybridized carbons (Fsp3) is 0.889. The number of hydrogen-bond acceptors (Lipinski definition) is 4. The molecule has 14 heavy (non-hydrogen) atoms. The molecule has 2 N–H and O–H groups in total. The first-order chi connectivity index (χ1) is 6.81. The third kappa shape index (κ3) is 9.44. The molecule has 0 atom stereocenters. The zero-order valence-corrected chi connectivity index (χ0v) is 8.62. The van der Waals surface area contributed by atoms with E-state index in [1.165, 1.54) is 0 Å². The van der Waals surface area contributed by atoms with Gasteiger partial charge in [-0.2, -0.15) is 0 Å². The highest BCUT2D eigenvalue weighted by Gasteiger charge is 2.05. The van der Waals surface area contributed by atoms with Crippen molar-refractivity contribution in [2.75, 3.05) is 40.1 Å². The standard InChI is InChI=1S/C5H12O3.C4H7NO/c1-7-4-5-8-3-2-6;6-4-2-1-3-5-4/h6H,2-5H2,1H3;1-3H2,(H,5,6). The molecule has 0 aromatic rings. The molecule has 1 fully saturated rings. The summed E-state index contributed by atoms with van der Waals surface area (Å²) >= 11 is 0. The van der Waals surface area contributed by atoms with Gasteiger partial charge in [-0.05, 0) is 6.42 Å². The Hall–Kier alpha value is -0.650. The molecule has 5 heteroatoms. The van der Waals surface area contributed by atoms with Crippen molar-refractivity contribution in [1.29, 1.82) is 0 Å². The molecule has 0 aromatic carbocycles. The largest absolute Gasteiger partial charge is 0.394 e. The maximum absolute atomic E-state index is 10.1. The molecule has 1 heterocycles. The molecule has 0 saturated carbocycles. The summed E-state index contributed by atoms with van der Waals surface area (Å²) in [6, 6.07) is 0. The quantitative estimate of drug-likeness (QED) is 0.596. The second kappa shape index (κ2) is 10.4. The normalized spacial score (nSPS) is 14.6. The second-order valence-corrected chi connectivity index (χ2v) is 2.78. The van der Waals surface area contributed by atoms with Gasteiger partial charge in [-0.15, -0.1) is 0 Å². The van der Waals surface area contributed by atoms with Gasteiger partial charge in [0.2, 0.25) is 5.91 Å². The number of aliphatic hydroxyl groups is 1. The summed E-state index contributed by atoms with van der Waals surface area (Å²) in [5.74, 6) is 0.204. The Morgan fingerprint density at radius 1 is 1.43 bits per heavy atom. The number of methoxy groups -OCH3 is 1. The number of nitrogens with one attached hydrogen (secondary N) is 1. The van der Waals surface area contributed by atoms with Crippen LogP contribution in [-0.4, -0.2) is 51.1 Å². The van der Waals surface area contributed by atoms with E-state index in [4.69, 9.17) is 9.84 Å². The minimum Gasteiger partial charge on any atom is -0.394 e. The van der Waals surface area contributed by atoms with Gasteiger partial charge in [-0.25, -0.2) is 0 Å². The summed E-state index contributed by atoms with van der Waals surface area (Å²) in [7, 11) is 1.61. The molecule has 1 aliphatic heterocycles. The molecule has 84 valence electrons. The lowest BCUT2D eigenvalue weighted by molar-refractivity contribution is -0.119. The van der Waals surface area contributed by atoms with Crippen molar-refractivity contribution in [1.82, 2.24) is 5.32 Å². The maximum Gasteiger partial charge on any atom is 0.220 e. The molecule has 0 aromatic heterocycles. The van der Waals surface area contributed by atoms with Crippen molar-refractivity contribution < 1.29 is 19.4 Å². The zero-order chi connectivity index (χ0) is 10.6. The molecule has 0 radical (unpaired) electrons. The third-order valence-corrected chi connectivity index (χ3v) is 1.57. The molecule has 1 saturated heterocycles. The van der Waals surface area contributed by atoms with E-state index in [0.717, 1.165) is 19.4 Å². The third-order valence-electron chi connectivity index (χ3n) is 1.57. The second-order valence-electron chi connectivity index (χ2n) is 2.78. The first-order valence-corrected chi connectivity index (χ1v) is 4.75. The van der Waals surface area contributed by atoms with Crippen molar-refractivity contribution in [3.05, 3.63) is 0 Å². The molecule has 1 aliphatic rings. The molecule has 0 unspecified atom stereocenters. The van der Waals surface area contributed by atoms with Crippen LogP contribution in [0.15, 0.2) is 0 Å². The van der Waals surface area contributed by atoms with Crippen LogP contribution in [-0.2, 0) is 14.3 Å². The van der Waals surface area contributed by atoms with Gasteiger partial charge in [-0.1, -0.05) is 0 Å². The van der Waals surface area contributed by atoms with Crippen molar-refractivity contribution in [3.8, 4) is 0 Å². The number of carbonyl (C=O) groups excluding carboxylic acids is 1. The summed E-state index contributed by atoms with van der Waals surface area (Å²) in [5.41, 5.74) is 0. The van der Waals surface area contributed by atoms with Gasteiger partial charge in [0.05, 0.1) is 26.4 Å². The summed E-state index contributed by atoms with van der Waals surface area (Å²) in [6.07, 6.45) is 1.76. The maximum atomic E-state index is 10.1. The summed E-state index contributed by atoms with van der Waals surface area (Å²) in [4.78, 5) is 10.1. The fourth-order valence-corrected chi connectivity index (χ4v) is 0.874. The van der Waals surface area contributed by atoms with Crippen molar-refractivity contribution in [2.24, 2.45) is 0 Å². The number of hydrogen-bond donors (Lipinski definition) is 2. The first kappa shape index (κ1) is 13.4. The number of amides is 1. The molecule has 1 rings (SSSR count). The molecule has 0 bridgehead atoms. The lowest BCUT2D eigenvalue weighted by Crippen LogP contribution is -2.12. The van der Waals surface area contributed by atoms with Gasteiger partial charge in [0.15, 0.2) is 0 Å². The molecule has 1 amide bonds. The van der Waals surface area contributed by atoms with Gasteiger partial charge in [0.1, 0.15) is 0 Å². The van der Waals surface area contributed by atoms with E-state index in [2.05, 4.69) is 10.1 Å². The Morgan fingerprint density at radius 2 is 2.21 bits per heavy atom. The average molecular weight is 205 g/mol. The molecule has 0 spiro atoms. The van der Waals surface area contributed by atoms with Gasteiger partial charge >= 0.3 is 0 Å². The van der Waals surface area contributed by atoms with Crippen LogP contribution in [0.5, 0.6) is 0 Å². The number of aliphatic hydroxyl groups excluding tert-OH is 1. The summed E-state index contributed by atoms with van der Waals surface area (Å²) < 4.78 is 9.53. The summed E-state index contributed by atoms with van der Waals surface area (Å²) in [5, 5.41) is 10.9.